The Bertz CT molecular complexity index is 1210. The van der Waals surface area contributed by atoms with Crippen LogP contribution < -0.4 is 0 Å². The molecule has 72 heavy (non-hydrogen) atoms. The maximum atomic E-state index is 12.8. The van der Waals surface area contributed by atoms with Crippen LogP contribution in [-0.2, 0) is 28.6 Å². The lowest BCUT2D eigenvalue weighted by Crippen LogP contribution is -2.30. The lowest BCUT2D eigenvalue weighted by atomic mass is 10.0. The zero-order chi connectivity index (χ0) is 52.2. The van der Waals surface area contributed by atoms with Crippen molar-refractivity contribution >= 4 is 17.9 Å². The number of rotatable bonds is 59. The first kappa shape index (κ1) is 69.6. The van der Waals surface area contributed by atoms with Crippen LogP contribution in [0, 0.1) is 0 Å². The van der Waals surface area contributed by atoms with E-state index in [1.807, 2.05) is 0 Å². The normalized spacial score (nSPS) is 12.2. The van der Waals surface area contributed by atoms with Gasteiger partial charge < -0.3 is 14.2 Å². The Morgan fingerprint density at radius 3 is 0.792 bits per heavy atom. The number of hydrogen-bond donors (Lipinski definition) is 0. The summed E-state index contributed by atoms with van der Waals surface area (Å²) in [5.74, 6) is -0.859. The molecule has 0 heterocycles. The van der Waals surface area contributed by atoms with Crippen LogP contribution in [0.1, 0.15) is 348 Å². The minimum absolute atomic E-state index is 0.0704. The number of ether oxygens (including phenoxy) is 3. The first-order valence-corrected chi connectivity index (χ1v) is 32.0. The van der Waals surface area contributed by atoms with Crippen LogP contribution in [0.3, 0.4) is 0 Å². The number of carbonyl (C=O) groups excluding carboxylic acids is 3. The van der Waals surface area contributed by atoms with Crippen LogP contribution in [0.2, 0.25) is 0 Å². The lowest BCUT2D eigenvalue weighted by molar-refractivity contribution is -0.167. The molecule has 0 aromatic carbocycles. The second-order valence-electron chi connectivity index (χ2n) is 21.7. The molecule has 0 spiro atoms. The summed E-state index contributed by atoms with van der Waals surface area (Å²) in [5, 5.41) is 0. The van der Waals surface area contributed by atoms with Crippen molar-refractivity contribution in [2.24, 2.45) is 0 Å². The molecular formula is C66H122O6. The van der Waals surface area contributed by atoms with Crippen molar-refractivity contribution in [2.45, 2.75) is 354 Å². The minimum atomic E-state index is -0.772. The van der Waals surface area contributed by atoms with Crippen LogP contribution in [-0.4, -0.2) is 37.2 Å². The van der Waals surface area contributed by atoms with Crippen LogP contribution in [0.15, 0.2) is 36.5 Å². The number of allylic oxidation sites excluding steroid dienone is 6. The van der Waals surface area contributed by atoms with Gasteiger partial charge in [-0.15, -0.1) is 0 Å². The lowest BCUT2D eigenvalue weighted by Gasteiger charge is -2.18. The van der Waals surface area contributed by atoms with Gasteiger partial charge in [-0.1, -0.05) is 288 Å². The topological polar surface area (TPSA) is 78.9 Å². The second kappa shape index (κ2) is 61.2. The molecule has 0 aliphatic heterocycles. The summed E-state index contributed by atoms with van der Waals surface area (Å²) in [4.78, 5) is 38.2. The zero-order valence-corrected chi connectivity index (χ0v) is 48.5. The van der Waals surface area contributed by atoms with Gasteiger partial charge in [0, 0.05) is 19.3 Å². The molecule has 0 aliphatic carbocycles. The van der Waals surface area contributed by atoms with Gasteiger partial charge in [0.2, 0.25) is 0 Å². The first-order chi connectivity index (χ1) is 35.5. The summed E-state index contributed by atoms with van der Waals surface area (Å²) in [5.41, 5.74) is 0. The molecule has 6 nitrogen and oxygen atoms in total. The zero-order valence-electron chi connectivity index (χ0n) is 48.5. The van der Waals surface area contributed by atoms with Crippen LogP contribution in [0.25, 0.3) is 0 Å². The van der Waals surface area contributed by atoms with E-state index in [9.17, 15) is 14.4 Å². The van der Waals surface area contributed by atoms with Gasteiger partial charge in [0.15, 0.2) is 6.10 Å². The molecule has 0 amide bonds. The fourth-order valence-corrected chi connectivity index (χ4v) is 9.53. The fraction of sp³-hybridized carbons (Fsp3) is 0.864. The smallest absolute Gasteiger partial charge is 0.306 e. The van der Waals surface area contributed by atoms with Crippen molar-refractivity contribution in [2.75, 3.05) is 13.2 Å². The standard InChI is InChI=1S/C66H122O6/c1-4-7-10-13-16-19-22-25-26-27-28-29-30-31-32-33-34-35-36-37-38-39-40-42-44-47-50-53-56-59-65(68)71-62-63(61-70-64(67)58-55-52-49-46-43-24-21-18-15-12-9-6-3)72-66(69)60-57-54-51-48-45-41-23-20-17-14-11-8-5-2/h20,22-23,25,27-28,63H,4-19,21,24,26,29-62H2,1-3H3/b23-20-,25-22-,28-27-. The Morgan fingerprint density at radius 1 is 0.278 bits per heavy atom. The first-order valence-electron chi connectivity index (χ1n) is 32.0. The van der Waals surface area contributed by atoms with E-state index in [0.717, 1.165) is 70.6 Å². The van der Waals surface area contributed by atoms with Gasteiger partial charge in [0.05, 0.1) is 0 Å². The van der Waals surface area contributed by atoms with Crippen molar-refractivity contribution in [1.82, 2.24) is 0 Å². The van der Waals surface area contributed by atoms with Crippen molar-refractivity contribution in [3.63, 3.8) is 0 Å². The molecular weight excluding hydrogens is 889 g/mol. The van der Waals surface area contributed by atoms with E-state index < -0.39 is 6.10 Å². The molecule has 0 radical (unpaired) electrons. The number of carbonyl (C=O) groups is 3. The third kappa shape index (κ3) is 58.5. The summed E-state index contributed by atoms with van der Waals surface area (Å²) in [6, 6.07) is 0. The average Bonchev–Trinajstić information content (AvgIpc) is 3.38. The Balaban J connectivity index is 4.12. The molecule has 0 aromatic rings. The monoisotopic (exact) mass is 1010 g/mol. The van der Waals surface area contributed by atoms with Gasteiger partial charge in [-0.25, -0.2) is 0 Å². The van der Waals surface area contributed by atoms with Crippen LogP contribution in [0.5, 0.6) is 0 Å². The van der Waals surface area contributed by atoms with Crippen molar-refractivity contribution in [1.29, 1.82) is 0 Å². The highest BCUT2D eigenvalue weighted by Crippen LogP contribution is 2.17. The predicted molar refractivity (Wildman–Crippen MR) is 312 cm³/mol. The Morgan fingerprint density at radius 2 is 0.500 bits per heavy atom. The molecule has 0 N–H and O–H groups in total. The van der Waals surface area contributed by atoms with Gasteiger partial charge in [-0.2, -0.15) is 0 Å². The summed E-state index contributed by atoms with van der Waals surface area (Å²) in [6.07, 6.45) is 74.5. The van der Waals surface area contributed by atoms with Crippen molar-refractivity contribution in [3.05, 3.63) is 36.5 Å². The Labute approximate surface area is 448 Å². The molecule has 422 valence electrons. The van der Waals surface area contributed by atoms with E-state index in [1.54, 1.807) is 0 Å². The van der Waals surface area contributed by atoms with Crippen LogP contribution >= 0.6 is 0 Å². The maximum Gasteiger partial charge on any atom is 0.306 e. The van der Waals surface area contributed by atoms with E-state index >= 15 is 0 Å². The second-order valence-corrected chi connectivity index (χ2v) is 21.7. The van der Waals surface area contributed by atoms with Crippen molar-refractivity contribution in [3.8, 4) is 0 Å². The van der Waals surface area contributed by atoms with E-state index in [4.69, 9.17) is 14.2 Å². The minimum Gasteiger partial charge on any atom is -0.462 e. The molecule has 0 saturated carbocycles. The summed E-state index contributed by atoms with van der Waals surface area (Å²) in [6.45, 7) is 6.65. The van der Waals surface area contributed by atoms with E-state index in [1.165, 1.54) is 238 Å². The summed E-state index contributed by atoms with van der Waals surface area (Å²) in [7, 11) is 0. The molecule has 1 unspecified atom stereocenters. The molecule has 0 fully saturated rings. The number of esters is 3. The molecule has 0 saturated heterocycles. The van der Waals surface area contributed by atoms with E-state index in [2.05, 4.69) is 57.2 Å². The molecule has 1 atom stereocenters. The Kier molecular flexibility index (Phi) is 59.2. The molecule has 6 heteroatoms. The highest BCUT2D eigenvalue weighted by molar-refractivity contribution is 5.71. The third-order valence-electron chi connectivity index (χ3n) is 14.4. The molecule has 0 aromatic heterocycles. The predicted octanol–water partition coefficient (Wildman–Crippen LogP) is 21.6. The molecule has 0 aliphatic rings. The molecule has 0 rings (SSSR count). The largest absolute Gasteiger partial charge is 0.462 e. The SMILES string of the molecule is CCCCCC/C=C\CCCCCCCC(=O)OC(COC(=O)CCCCCCCCCCCCCC)COC(=O)CCCCCCCCCCCCCCCCCCC/C=C\C/C=C\CCCCCCC. The van der Waals surface area contributed by atoms with Gasteiger partial charge >= 0.3 is 17.9 Å². The number of unbranched alkanes of at least 4 members (excludes halogenated alkanes) is 42. The fourth-order valence-electron chi connectivity index (χ4n) is 9.53. The summed E-state index contributed by atoms with van der Waals surface area (Å²) < 4.78 is 16.9. The summed E-state index contributed by atoms with van der Waals surface area (Å²) >= 11 is 0. The third-order valence-corrected chi connectivity index (χ3v) is 14.4. The highest BCUT2D eigenvalue weighted by atomic mass is 16.6. The number of hydrogen-bond acceptors (Lipinski definition) is 6. The van der Waals surface area contributed by atoms with Crippen LogP contribution in [0.4, 0.5) is 0 Å². The highest BCUT2D eigenvalue weighted by Gasteiger charge is 2.19. The van der Waals surface area contributed by atoms with E-state index in [0.29, 0.717) is 19.3 Å². The van der Waals surface area contributed by atoms with Gasteiger partial charge in [0.25, 0.3) is 0 Å². The Hall–Kier alpha value is -2.37. The van der Waals surface area contributed by atoms with Crippen molar-refractivity contribution < 1.29 is 28.6 Å². The average molecular weight is 1010 g/mol. The van der Waals surface area contributed by atoms with Gasteiger partial charge in [-0.05, 0) is 77.0 Å². The maximum absolute atomic E-state index is 12.8. The van der Waals surface area contributed by atoms with Gasteiger partial charge in [-0.3, -0.25) is 14.4 Å². The molecule has 0 bridgehead atoms. The quantitative estimate of drug-likeness (QED) is 0.0261. The van der Waals surface area contributed by atoms with E-state index in [-0.39, 0.29) is 31.1 Å². The van der Waals surface area contributed by atoms with Gasteiger partial charge in [0.1, 0.15) is 13.2 Å².